The normalized spacial score (nSPS) is 15.6. The molecule has 0 spiro atoms. The average Bonchev–Trinajstić information content (AvgIpc) is 3.17. The maximum atomic E-state index is 13.1. The third kappa shape index (κ3) is 4.16. The highest BCUT2D eigenvalue weighted by Gasteiger charge is 2.34. The first-order chi connectivity index (χ1) is 13.1. The maximum Gasteiger partial charge on any atom is 0.418 e. The Morgan fingerprint density at radius 3 is 2.36 bits per heavy atom. The Morgan fingerprint density at radius 2 is 1.71 bits per heavy atom. The van der Waals surface area contributed by atoms with Gasteiger partial charge in [-0.3, -0.25) is 4.79 Å². The van der Waals surface area contributed by atoms with Gasteiger partial charge in [-0.05, 0) is 43.2 Å². The van der Waals surface area contributed by atoms with Crippen LogP contribution >= 0.6 is 11.6 Å². The number of benzene rings is 2. The molecule has 1 fully saturated rings. The Morgan fingerprint density at radius 1 is 1.07 bits per heavy atom. The molecule has 0 unspecified atom stereocenters. The molecule has 28 heavy (non-hydrogen) atoms. The molecule has 0 atom stereocenters. The molecule has 1 N–H and O–H groups in total. The summed E-state index contributed by atoms with van der Waals surface area (Å²) >= 11 is 6.01. The van der Waals surface area contributed by atoms with Gasteiger partial charge in [0.2, 0.25) is 10.0 Å². The smallest absolute Gasteiger partial charge is 0.321 e. The van der Waals surface area contributed by atoms with Crippen LogP contribution in [-0.4, -0.2) is 31.7 Å². The van der Waals surface area contributed by atoms with Crippen molar-refractivity contribution in [1.82, 2.24) is 4.31 Å². The van der Waals surface area contributed by atoms with Crippen molar-refractivity contribution in [3.63, 3.8) is 0 Å². The molecule has 10 heteroatoms. The van der Waals surface area contributed by atoms with Crippen molar-refractivity contribution in [2.45, 2.75) is 23.9 Å². The van der Waals surface area contributed by atoms with Crippen molar-refractivity contribution >= 4 is 33.2 Å². The first-order valence-corrected chi connectivity index (χ1v) is 10.2. The minimum atomic E-state index is -4.66. The van der Waals surface area contributed by atoms with Crippen LogP contribution in [-0.2, 0) is 16.2 Å². The average molecular weight is 433 g/mol. The van der Waals surface area contributed by atoms with Crippen molar-refractivity contribution < 1.29 is 26.4 Å². The van der Waals surface area contributed by atoms with E-state index >= 15 is 0 Å². The van der Waals surface area contributed by atoms with E-state index in [1.54, 1.807) is 0 Å². The highest BCUT2D eigenvalue weighted by atomic mass is 35.5. The molecule has 1 amide bonds. The predicted octanol–water partition coefficient (Wildman–Crippen LogP) is 4.40. The van der Waals surface area contributed by atoms with Gasteiger partial charge in [-0.1, -0.05) is 23.7 Å². The fourth-order valence-corrected chi connectivity index (χ4v) is 4.69. The zero-order valence-electron chi connectivity index (χ0n) is 14.5. The summed E-state index contributed by atoms with van der Waals surface area (Å²) in [5.41, 5.74) is -1.68. The highest BCUT2D eigenvalue weighted by Crippen LogP contribution is 2.35. The lowest BCUT2D eigenvalue weighted by Gasteiger charge is -2.17. The second-order valence-corrected chi connectivity index (χ2v) is 8.60. The number of nitrogens with zero attached hydrogens (tertiary/aromatic N) is 1. The number of hydrogen-bond acceptors (Lipinski definition) is 3. The molecule has 3 rings (SSSR count). The van der Waals surface area contributed by atoms with E-state index in [4.69, 9.17) is 11.6 Å². The molecule has 5 nitrogen and oxygen atoms in total. The number of hydrogen-bond donors (Lipinski definition) is 1. The third-order valence-corrected chi connectivity index (χ3v) is 6.59. The van der Waals surface area contributed by atoms with Crippen LogP contribution in [0, 0.1) is 0 Å². The predicted molar refractivity (Wildman–Crippen MR) is 98.8 cm³/mol. The zero-order chi connectivity index (χ0) is 20.5. The first-order valence-electron chi connectivity index (χ1n) is 8.38. The molecule has 1 aliphatic rings. The molecule has 0 aliphatic carbocycles. The summed E-state index contributed by atoms with van der Waals surface area (Å²) < 4.78 is 66.0. The fraction of sp³-hybridized carbons (Fsp3) is 0.278. The van der Waals surface area contributed by atoms with E-state index in [1.165, 1.54) is 28.6 Å². The summed E-state index contributed by atoms with van der Waals surface area (Å²) in [7, 11) is -3.80. The number of alkyl halides is 3. The van der Waals surface area contributed by atoms with Crippen molar-refractivity contribution in [1.29, 1.82) is 0 Å². The van der Waals surface area contributed by atoms with Crippen molar-refractivity contribution in [3.05, 3.63) is 58.6 Å². The van der Waals surface area contributed by atoms with E-state index in [2.05, 4.69) is 5.32 Å². The molecule has 2 aromatic carbocycles. The fourth-order valence-electron chi connectivity index (χ4n) is 2.95. The van der Waals surface area contributed by atoms with Gasteiger partial charge in [-0.25, -0.2) is 8.42 Å². The first kappa shape index (κ1) is 20.6. The number of sulfonamides is 1. The summed E-state index contributed by atoms with van der Waals surface area (Å²) in [4.78, 5) is 12.4. The molecule has 1 heterocycles. The quantitative estimate of drug-likeness (QED) is 0.779. The molecule has 0 bridgehead atoms. The van der Waals surface area contributed by atoms with Crippen LogP contribution < -0.4 is 5.32 Å². The summed E-state index contributed by atoms with van der Waals surface area (Å²) in [5.74, 6) is -0.930. The van der Waals surface area contributed by atoms with E-state index < -0.39 is 33.4 Å². The van der Waals surface area contributed by atoms with Gasteiger partial charge >= 0.3 is 6.18 Å². The monoisotopic (exact) mass is 432 g/mol. The Labute approximate surface area is 165 Å². The minimum absolute atomic E-state index is 0.0673. The SMILES string of the molecule is O=C(Nc1ccccc1C(F)(F)F)c1cc(S(=O)(=O)N2CCCC2)ccc1Cl. The van der Waals surface area contributed by atoms with Crippen molar-refractivity contribution in [2.75, 3.05) is 18.4 Å². The summed E-state index contributed by atoms with van der Waals surface area (Å²) in [6.45, 7) is 0.761. The lowest BCUT2D eigenvalue weighted by molar-refractivity contribution is -0.136. The number of amides is 1. The number of para-hydroxylation sites is 1. The number of carbonyl (C=O) groups is 1. The lowest BCUT2D eigenvalue weighted by atomic mass is 10.1. The topological polar surface area (TPSA) is 66.5 Å². The van der Waals surface area contributed by atoms with E-state index in [0.29, 0.717) is 13.1 Å². The van der Waals surface area contributed by atoms with Crippen molar-refractivity contribution in [3.8, 4) is 0 Å². The number of anilines is 1. The third-order valence-electron chi connectivity index (χ3n) is 4.37. The van der Waals surface area contributed by atoms with E-state index in [0.717, 1.165) is 31.0 Å². The number of nitrogens with one attached hydrogen (secondary N) is 1. The van der Waals surface area contributed by atoms with Gasteiger partial charge in [-0.2, -0.15) is 17.5 Å². The summed E-state index contributed by atoms with van der Waals surface area (Å²) in [6, 6.07) is 8.10. The van der Waals surface area contributed by atoms with E-state index in [-0.39, 0.29) is 15.5 Å². The number of carbonyl (C=O) groups excluding carboxylic acids is 1. The molecule has 1 aliphatic heterocycles. The molecule has 0 saturated carbocycles. The van der Waals surface area contributed by atoms with Gasteiger partial charge in [0, 0.05) is 13.1 Å². The molecule has 0 radical (unpaired) electrons. The van der Waals surface area contributed by atoms with Gasteiger partial charge in [0.05, 0.1) is 26.7 Å². The Kier molecular flexibility index (Phi) is 5.69. The molecule has 1 saturated heterocycles. The standard InChI is InChI=1S/C18H16ClF3N2O3S/c19-15-8-7-12(28(26,27)24-9-3-4-10-24)11-13(15)17(25)23-16-6-2-1-5-14(16)18(20,21)22/h1-2,5-8,11H,3-4,9-10H2,(H,23,25). The number of halogens is 4. The maximum absolute atomic E-state index is 13.1. The van der Waals surface area contributed by atoms with Crippen LogP contribution in [0.25, 0.3) is 0 Å². The molecule has 150 valence electrons. The highest BCUT2D eigenvalue weighted by molar-refractivity contribution is 7.89. The number of rotatable bonds is 4. The second kappa shape index (κ2) is 7.73. The van der Waals surface area contributed by atoms with Crippen LogP contribution in [0.2, 0.25) is 5.02 Å². The van der Waals surface area contributed by atoms with Crippen LogP contribution in [0.1, 0.15) is 28.8 Å². The van der Waals surface area contributed by atoms with Crippen LogP contribution in [0.4, 0.5) is 18.9 Å². The van der Waals surface area contributed by atoms with Crippen LogP contribution in [0.15, 0.2) is 47.4 Å². The molecular weight excluding hydrogens is 417 g/mol. The van der Waals surface area contributed by atoms with Gasteiger partial charge in [-0.15, -0.1) is 0 Å². The van der Waals surface area contributed by atoms with Crippen LogP contribution in [0.3, 0.4) is 0 Å². The lowest BCUT2D eigenvalue weighted by Crippen LogP contribution is -2.28. The Bertz CT molecular complexity index is 1000. The Hall–Kier alpha value is -2.10. The van der Waals surface area contributed by atoms with Gasteiger partial charge in [0.1, 0.15) is 0 Å². The summed E-state index contributed by atoms with van der Waals surface area (Å²) in [6.07, 6.45) is -3.17. The zero-order valence-corrected chi connectivity index (χ0v) is 16.0. The molecule has 2 aromatic rings. The minimum Gasteiger partial charge on any atom is -0.321 e. The van der Waals surface area contributed by atoms with E-state index in [1.807, 2.05) is 0 Å². The van der Waals surface area contributed by atoms with Gasteiger partial charge < -0.3 is 5.32 Å². The van der Waals surface area contributed by atoms with Crippen LogP contribution in [0.5, 0.6) is 0 Å². The van der Waals surface area contributed by atoms with Gasteiger partial charge in [0.15, 0.2) is 0 Å². The summed E-state index contributed by atoms with van der Waals surface area (Å²) in [5, 5.41) is 2.10. The molecular formula is C18H16ClF3N2O3S. The van der Waals surface area contributed by atoms with E-state index in [9.17, 15) is 26.4 Å². The van der Waals surface area contributed by atoms with Crippen molar-refractivity contribution in [2.24, 2.45) is 0 Å². The molecule has 0 aromatic heterocycles. The largest absolute Gasteiger partial charge is 0.418 e. The second-order valence-electron chi connectivity index (χ2n) is 6.25. The Balaban J connectivity index is 1.93. The van der Waals surface area contributed by atoms with Gasteiger partial charge in [0.25, 0.3) is 5.91 Å².